The van der Waals surface area contributed by atoms with E-state index in [1.54, 1.807) is 4.90 Å². The van der Waals surface area contributed by atoms with Crippen molar-refractivity contribution in [1.29, 1.82) is 0 Å². The van der Waals surface area contributed by atoms with Gasteiger partial charge in [0, 0.05) is 12.6 Å². The van der Waals surface area contributed by atoms with Crippen molar-refractivity contribution in [2.45, 2.75) is 33.2 Å². The normalized spacial score (nSPS) is 34.9. The smallest absolute Gasteiger partial charge is 0.407 e. The van der Waals surface area contributed by atoms with Crippen molar-refractivity contribution >= 4 is 6.09 Å². The highest BCUT2D eigenvalue weighted by Crippen LogP contribution is 2.42. The molecular formula is C12H22N2O2. The molecule has 0 aliphatic carbocycles. The second-order valence-electron chi connectivity index (χ2n) is 6.16. The maximum atomic E-state index is 11.3. The lowest BCUT2D eigenvalue weighted by Crippen LogP contribution is -2.46. The lowest BCUT2D eigenvalue weighted by molar-refractivity contribution is 0.0870. The number of hydrogen-bond donors (Lipinski definition) is 2. The summed E-state index contributed by atoms with van der Waals surface area (Å²) in [6, 6.07) is 0.178. The zero-order valence-corrected chi connectivity index (χ0v) is 10.4. The van der Waals surface area contributed by atoms with Crippen LogP contribution in [0.4, 0.5) is 4.79 Å². The Balaban J connectivity index is 2.24. The van der Waals surface area contributed by atoms with Crippen LogP contribution in [-0.4, -0.2) is 41.8 Å². The van der Waals surface area contributed by atoms with Crippen LogP contribution in [0.3, 0.4) is 0 Å². The number of amides is 1. The predicted molar refractivity (Wildman–Crippen MR) is 62.4 cm³/mol. The van der Waals surface area contributed by atoms with Gasteiger partial charge < -0.3 is 15.3 Å². The van der Waals surface area contributed by atoms with Gasteiger partial charge in [0.25, 0.3) is 0 Å². The first-order valence-electron chi connectivity index (χ1n) is 6.11. The van der Waals surface area contributed by atoms with Gasteiger partial charge >= 0.3 is 6.09 Å². The van der Waals surface area contributed by atoms with Crippen LogP contribution in [-0.2, 0) is 0 Å². The Bertz CT molecular complexity index is 285. The minimum Gasteiger partial charge on any atom is -0.465 e. The third-order valence-corrected chi connectivity index (χ3v) is 3.97. The molecule has 0 aromatic rings. The summed E-state index contributed by atoms with van der Waals surface area (Å²) >= 11 is 0. The molecule has 4 nitrogen and oxygen atoms in total. The van der Waals surface area contributed by atoms with Crippen molar-refractivity contribution in [3.63, 3.8) is 0 Å². The van der Waals surface area contributed by atoms with Crippen LogP contribution < -0.4 is 5.32 Å². The van der Waals surface area contributed by atoms with Gasteiger partial charge in [-0.25, -0.2) is 4.79 Å². The maximum Gasteiger partial charge on any atom is 0.407 e. The van der Waals surface area contributed by atoms with Gasteiger partial charge in [0.05, 0.1) is 0 Å². The molecule has 4 heteroatoms. The number of likely N-dealkylation sites (tertiary alicyclic amines) is 1. The molecule has 0 aromatic carbocycles. The topological polar surface area (TPSA) is 52.6 Å². The minimum atomic E-state index is -0.755. The summed E-state index contributed by atoms with van der Waals surface area (Å²) in [5.74, 6) is 1.05. The van der Waals surface area contributed by atoms with Gasteiger partial charge in [0.1, 0.15) is 0 Å². The van der Waals surface area contributed by atoms with E-state index < -0.39 is 6.09 Å². The van der Waals surface area contributed by atoms with Crippen molar-refractivity contribution in [1.82, 2.24) is 10.2 Å². The Morgan fingerprint density at radius 3 is 2.69 bits per heavy atom. The van der Waals surface area contributed by atoms with E-state index in [-0.39, 0.29) is 11.5 Å². The van der Waals surface area contributed by atoms with E-state index in [0.717, 1.165) is 19.5 Å². The van der Waals surface area contributed by atoms with Gasteiger partial charge in [-0.15, -0.1) is 0 Å². The van der Waals surface area contributed by atoms with E-state index in [9.17, 15) is 9.90 Å². The van der Waals surface area contributed by atoms with Crippen LogP contribution in [0.25, 0.3) is 0 Å². The molecule has 0 radical (unpaired) electrons. The van der Waals surface area contributed by atoms with E-state index in [0.29, 0.717) is 18.4 Å². The quantitative estimate of drug-likeness (QED) is 0.660. The van der Waals surface area contributed by atoms with E-state index in [1.807, 2.05) is 0 Å². The fraction of sp³-hybridized carbons (Fsp3) is 0.917. The second-order valence-corrected chi connectivity index (χ2v) is 6.16. The summed E-state index contributed by atoms with van der Waals surface area (Å²) in [6.07, 6.45) is 0.352. The molecule has 92 valence electrons. The first-order valence-corrected chi connectivity index (χ1v) is 6.11. The predicted octanol–water partition coefficient (Wildman–Crippen LogP) is 1.62. The number of rotatable bonds is 0. The molecule has 2 aliphatic heterocycles. The van der Waals surface area contributed by atoms with Crippen molar-refractivity contribution in [3.8, 4) is 0 Å². The Morgan fingerprint density at radius 1 is 1.44 bits per heavy atom. The van der Waals surface area contributed by atoms with Gasteiger partial charge in [0.2, 0.25) is 0 Å². The molecule has 1 amide bonds. The van der Waals surface area contributed by atoms with Crippen LogP contribution in [0.2, 0.25) is 0 Å². The number of carboxylic acid groups (broad SMARTS) is 1. The largest absolute Gasteiger partial charge is 0.465 e. The van der Waals surface area contributed by atoms with Gasteiger partial charge in [-0.1, -0.05) is 20.8 Å². The molecule has 2 N–H and O–H groups in total. The zero-order chi connectivity index (χ0) is 11.9. The molecule has 2 aliphatic rings. The molecule has 0 spiro atoms. The Kier molecular flexibility index (Phi) is 2.86. The van der Waals surface area contributed by atoms with Crippen LogP contribution in [0.1, 0.15) is 27.2 Å². The van der Waals surface area contributed by atoms with Crippen LogP contribution in [0.15, 0.2) is 0 Å². The van der Waals surface area contributed by atoms with Crippen molar-refractivity contribution in [3.05, 3.63) is 0 Å². The number of carbonyl (C=O) groups is 1. The molecule has 2 fully saturated rings. The van der Waals surface area contributed by atoms with Crippen molar-refractivity contribution in [2.24, 2.45) is 17.3 Å². The molecule has 2 saturated heterocycles. The van der Waals surface area contributed by atoms with E-state index in [2.05, 4.69) is 26.1 Å². The summed E-state index contributed by atoms with van der Waals surface area (Å²) < 4.78 is 0. The average molecular weight is 226 g/mol. The molecular weight excluding hydrogens is 204 g/mol. The highest BCUT2D eigenvalue weighted by atomic mass is 16.4. The minimum absolute atomic E-state index is 0.0369. The van der Waals surface area contributed by atoms with Gasteiger partial charge in [-0.3, -0.25) is 0 Å². The lowest BCUT2D eigenvalue weighted by Gasteiger charge is -2.38. The van der Waals surface area contributed by atoms with Crippen LogP contribution in [0, 0.1) is 17.3 Å². The number of nitrogens with one attached hydrogen (secondary N) is 1. The van der Waals surface area contributed by atoms with Crippen LogP contribution in [0.5, 0.6) is 0 Å². The van der Waals surface area contributed by atoms with Gasteiger partial charge in [0.15, 0.2) is 0 Å². The zero-order valence-electron chi connectivity index (χ0n) is 10.4. The number of hydrogen-bond acceptors (Lipinski definition) is 2. The molecule has 2 heterocycles. The number of fused-ring (bicyclic) bond motifs is 1. The lowest BCUT2D eigenvalue weighted by atomic mass is 9.74. The molecule has 0 saturated carbocycles. The summed E-state index contributed by atoms with van der Waals surface area (Å²) in [7, 11) is 0. The first-order chi connectivity index (χ1) is 7.41. The van der Waals surface area contributed by atoms with Crippen molar-refractivity contribution in [2.75, 3.05) is 19.6 Å². The highest BCUT2D eigenvalue weighted by Gasteiger charge is 2.49. The summed E-state index contributed by atoms with van der Waals surface area (Å²) in [5.41, 5.74) is 0.0369. The first kappa shape index (κ1) is 11.7. The third kappa shape index (κ3) is 1.90. The van der Waals surface area contributed by atoms with Crippen LogP contribution >= 0.6 is 0 Å². The van der Waals surface area contributed by atoms with E-state index in [4.69, 9.17) is 0 Å². The van der Waals surface area contributed by atoms with E-state index in [1.165, 1.54) is 0 Å². The number of piperidine rings is 1. The monoisotopic (exact) mass is 226 g/mol. The summed E-state index contributed by atoms with van der Waals surface area (Å²) in [5, 5.41) is 12.7. The Labute approximate surface area is 97.0 Å². The fourth-order valence-corrected chi connectivity index (χ4v) is 3.46. The van der Waals surface area contributed by atoms with Gasteiger partial charge in [-0.2, -0.15) is 0 Å². The Morgan fingerprint density at radius 2 is 2.12 bits per heavy atom. The second kappa shape index (κ2) is 3.91. The molecule has 0 bridgehead atoms. The van der Waals surface area contributed by atoms with E-state index >= 15 is 0 Å². The standard InChI is InChI=1S/C12H22N2O2/c1-12(2,3)10-9-4-5-13-6-8(9)7-14(10)11(15)16/h8-10,13H,4-7H2,1-3H3,(H,15,16). The SMILES string of the molecule is CC(C)(C)C1C2CCNCC2CN1C(=O)O. The molecule has 3 unspecified atom stereocenters. The van der Waals surface area contributed by atoms with Crippen molar-refractivity contribution < 1.29 is 9.90 Å². The number of nitrogens with zero attached hydrogens (tertiary/aromatic N) is 1. The molecule has 2 rings (SSSR count). The Hall–Kier alpha value is -0.770. The maximum absolute atomic E-state index is 11.3. The average Bonchev–Trinajstić information content (AvgIpc) is 2.55. The molecule has 16 heavy (non-hydrogen) atoms. The fourth-order valence-electron chi connectivity index (χ4n) is 3.46. The summed E-state index contributed by atoms with van der Waals surface area (Å²) in [4.78, 5) is 13.0. The highest BCUT2D eigenvalue weighted by molar-refractivity contribution is 5.66. The van der Waals surface area contributed by atoms with Gasteiger partial charge in [-0.05, 0) is 36.8 Å². The molecule has 0 aromatic heterocycles. The molecule has 3 atom stereocenters. The summed E-state index contributed by atoms with van der Waals surface area (Å²) in [6.45, 7) is 9.16. The third-order valence-electron chi connectivity index (χ3n) is 3.97.